The van der Waals surface area contributed by atoms with Crippen molar-refractivity contribution in [1.82, 2.24) is 10.3 Å². The number of hydrogen-bond donors (Lipinski definition) is 3. The molecule has 1 amide bonds. The van der Waals surface area contributed by atoms with Crippen molar-refractivity contribution < 1.29 is 24.2 Å². The number of pyridine rings is 1. The van der Waals surface area contributed by atoms with Crippen LogP contribution in [0, 0.1) is 5.82 Å². The Kier molecular flexibility index (Phi) is 3.90. The summed E-state index contributed by atoms with van der Waals surface area (Å²) < 4.78 is 12.7. The summed E-state index contributed by atoms with van der Waals surface area (Å²) in [5.74, 6) is -2.89. The lowest BCUT2D eigenvalue weighted by molar-refractivity contribution is -0.140. The van der Waals surface area contributed by atoms with Crippen molar-refractivity contribution in [1.29, 1.82) is 0 Å². The first-order chi connectivity index (χ1) is 7.54. The first kappa shape index (κ1) is 12.1. The summed E-state index contributed by atoms with van der Waals surface area (Å²) in [6, 6.07) is -0.505. The van der Waals surface area contributed by atoms with E-state index in [2.05, 4.69) is 4.98 Å². The van der Waals surface area contributed by atoms with E-state index in [1.54, 1.807) is 0 Å². The number of halogens is 1. The number of rotatable bonds is 4. The van der Waals surface area contributed by atoms with Gasteiger partial charge in [-0.1, -0.05) is 0 Å². The number of aromatic nitrogens is 1. The predicted molar refractivity (Wildman–Crippen MR) is 50.2 cm³/mol. The lowest BCUT2D eigenvalue weighted by Gasteiger charge is -2.11. The Hall–Kier alpha value is -2.02. The van der Waals surface area contributed by atoms with Gasteiger partial charge in [-0.25, -0.2) is 9.18 Å². The summed E-state index contributed by atoms with van der Waals surface area (Å²) >= 11 is 0. The zero-order chi connectivity index (χ0) is 12.1. The molecule has 0 aliphatic heterocycles. The van der Waals surface area contributed by atoms with Gasteiger partial charge in [-0.05, 0) is 6.07 Å². The summed E-state index contributed by atoms with van der Waals surface area (Å²) in [4.78, 5) is 25.3. The Balaban J connectivity index is 2.75. The maximum Gasteiger partial charge on any atom is 0.328 e. The van der Waals surface area contributed by atoms with Crippen LogP contribution in [-0.2, 0) is 4.79 Å². The standard InChI is InChI=1S/C9H9FN2O4/c10-6-1-5(2-11-3-6)8(14)12-7(4-13)9(15)16/h1-3,7,13H,4H2,(H,12,14)(H,15,16)/t7-/m1/s1. The monoisotopic (exact) mass is 228 g/mol. The van der Waals surface area contributed by atoms with E-state index < -0.39 is 30.3 Å². The van der Waals surface area contributed by atoms with Crippen molar-refractivity contribution >= 4 is 11.9 Å². The van der Waals surface area contributed by atoms with Gasteiger partial charge in [-0.15, -0.1) is 0 Å². The fourth-order valence-corrected chi connectivity index (χ4v) is 0.963. The van der Waals surface area contributed by atoms with Crippen LogP contribution in [0.2, 0.25) is 0 Å². The molecule has 0 aliphatic rings. The van der Waals surface area contributed by atoms with E-state index >= 15 is 0 Å². The fraction of sp³-hybridized carbons (Fsp3) is 0.222. The largest absolute Gasteiger partial charge is 0.480 e. The Morgan fingerprint density at radius 3 is 2.69 bits per heavy atom. The molecule has 86 valence electrons. The highest BCUT2D eigenvalue weighted by atomic mass is 19.1. The SMILES string of the molecule is O=C(N[C@H](CO)C(=O)O)c1cncc(F)c1. The molecule has 0 aliphatic carbocycles. The van der Waals surface area contributed by atoms with Crippen LogP contribution in [0.15, 0.2) is 18.5 Å². The summed E-state index contributed by atoms with van der Waals surface area (Å²) in [5.41, 5.74) is -0.111. The summed E-state index contributed by atoms with van der Waals surface area (Å²) in [6.07, 6.45) is 2.01. The average Bonchev–Trinajstić information content (AvgIpc) is 2.25. The highest BCUT2D eigenvalue weighted by Gasteiger charge is 2.19. The molecule has 3 N–H and O–H groups in total. The Labute approximate surface area is 89.7 Å². The van der Waals surface area contributed by atoms with Crippen LogP contribution < -0.4 is 5.32 Å². The third-order valence-electron chi connectivity index (χ3n) is 1.75. The van der Waals surface area contributed by atoms with E-state index in [1.165, 1.54) is 0 Å². The molecule has 0 fully saturated rings. The molecular formula is C9H9FN2O4. The third-order valence-corrected chi connectivity index (χ3v) is 1.75. The topological polar surface area (TPSA) is 99.5 Å². The molecule has 6 nitrogen and oxygen atoms in total. The van der Waals surface area contributed by atoms with Crippen LogP contribution in [0.3, 0.4) is 0 Å². The van der Waals surface area contributed by atoms with Crippen LogP contribution in [0.5, 0.6) is 0 Å². The van der Waals surface area contributed by atoms with E-state index in [9.17, 15) is 14.0 Å². The molecule has 0 aromatic carbocycles. The third kappa shape index (κ3) is 2.99. The molecule has 1 aromatic rings. The van der Waals surface area contributed by atoms with Gasteiger partial charge >= 0.3 is 5.97 Å². The van der Waals surface area contributed by atoms with E-state index in [-0.39, 0.29) is 5.56 Å². The van der Waals surface area contributed by atoms with Crippen molar-refractivity contribution in [2.24, 2.45) is 0 Å². The molecule has 0 saturated heterocycles. The minimum atomic E-state index is -1.42. The van der Waals surface area contributed by atoms with Gasteiger partial charge in [-0.2, -0.15) is 0 Å². The van der Waals surface area contributed by atoms with Gasteiger partial charge in [0.05, 0.1) is 18.4 Å². The molecule has 16 heavy (non-hydrogen) atoms. The number of hydrogen-bond acceptors (Lipinski definition) is 4. The fourth-order valence-electron chi connectivity index (χ4n) is 0.963. The number of aliphatic carboxylic acids is 1. The van der Waals surface area contributed by atoms with Gasteiger partial charge in [0.25, 0.3) is 5.91 Å². The zero-order valence-corrected chi connectivity index (χ0v) is 8.05. The summed E-state index contributed by atoms with van der Waals surface area (Å²) in [7, 11) is 0. The second-order valence-electron chi connectivity index (χ2n) is 2.94. The van der Waals surface area contributed by atoms with Crippen LogP contribution in [-0.4, -0.2) is 39.7 Å². The van der Waals surface area contributed by atoms with Gasteiger partial charge in [0, 0.05) is 6.20 Å². The van der Waals surface area contributed by atoms with Gasteiger partial charge in [0.15, 0.2) is 6.04 Å². The molecular weight excluding hydrogens is 219 g/mol. The molecule has 0 unspecified atom stereocenters. The van der Waals surface area contributed by atoms with Crippen LogP contribution in [0.25, 0.3) is 0 Å². The van der Waals surface area contributed by atoms with Crippen LogP contribution in [0.4, 0.5) is 4.39 Å². The lowest BCUT2D eigenvalue weighted by atomic mass is 10.2. The van der Waals surface area contributed by atoms with Gasteiger partial charge < -0.3 is 15.5 Å². The van der Waals surface area contributed by atoms with Crippen LogP contribution >= 0.6 is 0 Å². The quantitative estimate of drug-likeness (QED) is 0.638. The predicted octanol–water partition coefficient (Wildman–Crippen LogP) is -0.604. The number of nitrogens with zero attached hydrogens (tertiary/aromatic N) is 1. The molecule has 1 aromatic heterocycles. The Bertz CT molecular complexity index is 410. The highest BCUT2D eigenvalue weighted by Crippen LogP contribution is 2.01. The highest BCUT2D eigenvalue weighted by molar-refractivity contribution is 5.96. The van der Waals surface area contributed by atoms with E-state index in [1.807, 2.05) is 5.32 Å². The number of carboxylic acid groups (broad SMARTS) is 1. The minimum Gasteiger partial charge on any atom is -0.480 e. The second-order valence-corrected chi connectivity index (χ2v) is 2.94. The molecule has 0 spiro atoms. The average molecular weight is 228 g/mol. The molecule has 0 saturated carbocycles. The van der Waals surface area contributed by atoms with E-state index in [4.69, 9.17) is 10.2 Å². The van der Waals surface area contributed by atoms with Crippen molar-refractivity contribution in [2.45, 2.75) is 6.04 Å². The number of amides is 1. The van der Waals surface area contributed by atoms with Crippen molar-refractivity contribution in [3.05, 3.63) is 29.8 Å². The van der Waals surface area contributed by atoms with Crippen molar-refractivity contribution in [3.63, 3.8) is 0 Å². The number of nitrogens with one attached hydrogen (secondary N) is 1. The molecule has 0 radical (unpaired) electrons. The number of carbonyl (C=O) groups excluding carboxylic acids is 1. The maximum atomic E-state index is 12.7. The lowest BCUT2D eigenvalue weighted by Crippen LogP contribution is -2.43. The molecule has 1 heterocycles. The smallest absolute Gasteiger partial charge is 0.328 e. The first-order valence-corrected chi connectivity index (χ1v) is 4.29. The van der Waals surface area contributed by atoms with E-state index in [0.29, 0.717) is 0 Å². The van der Waals surface area contributed by atoms with Gasteiger partial charge in [-0.3, -0.25) is 9.78 Å². The molecule has 1 atom stereocenters. The number of carbonyl (C=O) groups is 2. The minimum absolute atomic E-state index is 0.111. The molecule has 1 rings (SSSR count). The van der Waals surface area contributed by atoms with Crippen molar-refractivity contribution in [3.8, 4) is 0 Å². The van der Waals surface area contributed by atoms with Gasteiger partial charge in [0.2, 0.25) is 0 Å². The number of carboxylic acids is 1. The number of aliphatic hydroxyl groups is 1. The zero-order valence-electron chi connectivity index (χ0n) is 8.05. The van der Waals surface area contributed by atoms with Crippen LogP contribution in [0.1, 0.15) is 10.4 Å². The Morgan fingerprint density at radius 1 is 1.50 bits per heavy atom. The normalized spacial score (nSPS) is 11.9. The molecule has 7 heteroatoms. The Morgan fingerprint density at radius 2 is 2.19 bits per heavy atom. The maximum absolute atomic E-state index is 12.7. The molecule has 0 bridgehead atoms. The van der Waals surface area contributed by atoms with Crippen molar-refractivity contribution in [2.75, 3.05) is 6.61 Å². The second kappa shape index (κ2) is 5.17. The van der Waals surface area contributed by atoms with E-state index in [0.717, 1.165) is 18.5 Å². The van der Waals surface area contributed by atoms with Gasteiger partial charge in [0.1, 0.15) is 5.82 Å². The summed E-state index contributed by atoms with van der Waals surface area (Å²) in [6.45, 7) is -0.746. The number of aliphatic hydroxyl groups excluding tert-OH is 1. The summed E-state index contributed by atoms with van der Waals surface area (Å²) in [5, 5.41) is 19.2. The first-order valence-electron chi connectivity index (χ1n) is 4.29.